The zero-order chi connectivity index (χ0) is 13.5. The van der Waals surface area contributed by atoms with Crippen LogP contribution in [0, 0.1) is 29.6 Å². The van der Waals surface area contributed by atoms with Gasteiger partial charge in [-0.15, -0.1) is 0 Å². The van der Waals surface area contributed by atoms with Gasteiger partial charge in [-0.1, -0.05) is 11.8 Å². The summed E-state index contributed by atoms with van der Waals surface area (Å²) in [6, 6.07) is 3.83. The van der Waals surface area contributed by atoms with Gasteiger partial charge < -0.3 is 4.42 Å². The first kappa shape index (κ1) is 13.0. The van der Waals surface area contributed by atoms with Crippen molar-refractivity contribution in [1.82, 2.24) is 0 Å². The molecule has 0 unspecified atom stereocenters. The van der Waals surface area contributed by atoms with Gasteiger partial charge in [0.25, 0.3) is 0 Å². The second-order valence-corrected chi connectivity index (χ2v) is 8.07. The SMILES string of the molecule is O=C(CC1C2CC3CC(C2)CC1C3)SCc1ccco1. The van der Waals surface area contributed by atoms with E-state index >= 15 is 0 Å². The van der Waals surface area contributed by atoms with Crippen LogP contribution in [0.3, 0.4) is 0 Å². The molecule has 0 radical (unpaired) electrons. The van der Waals surface area contributed by atoms with Crippen LogP contribution in [0.15, 0.2) is 22.8 Å². The lowest BCUT2D eigenvalue weighted by Gasteiger charge is -2.54. The molecule has 0 N–H and O–H groups in total. The van der Waals surface area contributed by atoms with Crippen molar-refractivity contribution in [2.75, 3.05) is 0 Å². The number of rotatable bonds is 4. The van der Waals surface area contributed by atoms with Crippen molar-refractivity contribution in [2.45, 2.75) is 44.3 Å². The minimum absolute atomic E-state index is 0.374. The highest BCUT2D eigenvalue weighted by Crippen LogP contribution is 2.57. The van der Waals surface area contributed by atoms with E-state index in [0.29, 0.717) is 16.8 Å². The fourth-order valence-corrected chi connectivity index (χ4v) is 5.95. The molecular formula is C17H22O2S. The molecule has 4 bridgehead atoms. The van der Waals surface area contributed by atoms with Gasteiger partial charge in [0, 0.05) is 6.42 Å². The molecular weight excluding hydrogens is 268 g/mol. The van der Waals surface area contributed by atoms with Crippen LogP contribution in [-0.2, 0) is 10.5 Å². The molecule has 20 heavy (non-hydrogen) atoms. The smallest absolute Gasteiger partial charge is 0.189 e. The molecule has 0 spiro atoms. The van der Waals surface area contributed by atoms with Gasteiger partial charge in [-0.3, -0.25) is 4.79 Å². The molecule has 4 saturated carbocycles. The largest absolute Gasteiger partial charge is 0.468 e. The van der Waals surface area contributed by atoms with Gasteiger partial charge >= 0.3 is 0 Å². The van der Waals surface area contributed by atoms with Crippen LogP contribution in [0.1, 0.15) is 44.3 Å². The van der Waals surface area contributed by atoms with Crippen molar-refractivity contribution in [3.63, 3.8) is 0 Å². The predicted molar refractivity (Wildman–Crippen MR) is 80.2 cm³/mol. The summed E-state index contributed by atoms with van der Waals surface area (Å²) in [6.45, 7) is 0. The molecule has 4 fully saturated rings. The van der Waals surface area contributed by atoms with E-state index in [4.69, 9.17) is 4.42 Å². The first-order chi connectivity index (χ1) is 9.78. The van der Waals surface area contributed by atoms with Crippen LogP contribution in [-0.4, -0.2) is 5.12 Å². The summed E-state index contributed by atoms with van der Waals surface area (Å²) >= 11 is 1.45. The minimum atomic E-state index is 0.374. The normalized spacial score (nSPS) is 38.3. The van der Waals surface area contributed by atoms with Crippen molar-refractivity contribution >= 4 is 16.9 Å². The van der Waals surface area contributed by atoms with E-state index in [0.717, 1.165) is 35.9 Å². The van der Waals surface area contributed by atoms with Crippen molar-refractivity contribution in [1.29, 1.82) is 0 Å². The Morgan fingerprint density at radius 1 is 1.15 bits per heavy atom. The van der Waals surface area contributed by atoms with Gasteiger partial charge in [0.2, 0.25) is 0 Å². The molecule has 2 nitrogen and oxygen atoms in total. The van der Waals surface area contributed by atoms with Gasteiger partial charge in [0.15, 0.2) is 5.12 Å². The maximum absolute atomic E-state index is 12.3. The molecule has 108 valence electrons. The molecule has 1 aromatic rings. The summed E-state index contributed by atoms with van der Waals surface area (Å²) in [7, 11) is 0. The molecule has 5 rings (SSSR count). The lowest BCUT2D eigenvalue weighted by molar-refractivity contribution is -0.116. The Labute approximate surface area is 124 Å². The topological polar surface area (TPSA) is 30.2 Å². The minimum Gasteiger partial charge on any atom is -0.468 e. The van der Waals surface area contributed by atoms with E-state index < -0.39 is 0 Å². The first-order valence-corrected chi connectivity index (χ1v) is 8.94. The van der Waals surface area contributed by atoms with Crippen molar-refractivity contribution in [3.8, 4) is 0 Å². The number of carbonyl (C=O) groups is 1. The zero-order valence-corrected chi connectivity index (χ0v) is 12.6. The molecule has 3 heteroatoms. The number of carbonyl (C=O) groups excluding carboxylic acids is 1. The zero-order valence-electron chi connectivity index (χ0n) is 11.8. The molecule has 0 aromatic carbocycles. The molecule has 4 aliphatic carbocycles. The van der Waals surface area contributed by atoms with Crippen molar-refractivity contribution in [2.24, 2.45) is 29.6 Å². The van der Waals surface area contributed by atoms with E-state index in [1.54, 1.807) is 6.26 Å². The second-order valence-electron chi connectivity index (χ2n) is 7.04. The van der Waals surface area contributed by atoms with Crippen molar-refractivity contribution < 1.29 is 9.21 Å². The van der Waals surface area contributed by atoms with Crippen LogP contribution in [0.5, 0.6) is 0 Å². The summed E-state index contributed by atoms with van der Waals surface area (Å²) in [5.74, 6) is 6.02. The Morgan fingerprint density at radius 2 is 1.85 bits per heavy atom. The predicted octanol–water partition coefficient (Wildman–Crippen LogP) is 4.50. The molecule has 0 amide bonds. The summed E-state index contributed by atoms with van der Waals surface area (Å²) < 4.78 is 5.30. The first-order valence-electron chi connectivity index (χ1n) is 7.96. The van der Waals surface area contributed by atoms with Crippen LogP contribution in [0.25, 0.3) is 0 Å². The summed E-state index contributed by atoms with van der Waals surface area (Å²) in [5, 5.41) is 0.374. The number of hydrogen-bond acceptors (Lipinski definition) is 3. The van der Waals surface area contributed by atoms with E-state index in [-0.39, 0.29) is 0 Å². The fourth-order valence-electron chi connectivity index (χ4n) is 5.17. The average molecular weight is 290 g/mol. The number of hydrogen-bond donors (Lipinski definition) is 0. The number of thioether (sulfide) groups is 1. The fraction of sp³-hybridized carbons (Fsp3) is 0.706. The Balaban J connectivity index is 1.33. The monoisotopic (exact) mass is 290 g/mol. The Hall–Kier alpha value is -0.700. The summed E-state index contributed by atoms with van der Waals surface area (Å²) in [6.07, 6.45) is 9.61. The number of furan rings is 1. The van der Waals surface area contributed by atoms with Gasteiger partial charge in [0.1, 0.15) is 5.76 Å². The van der Waals surface area contributed by atoms with E-state index in [1.807, 2.05) is 12.1 Å². The van der Waals surface area contributed by atoms with Gasteiger partial charge in [-0.2, -0.15) is 0 Å². The molecule has 0 aliphatic heterocycles. The Kier molecular flexibility index (Phi) is 3.41. The molecule has 0 atom stereocenters. The molecule has 4 aliphatic rings. The van der Waals surface area contributed by atoms with Gasteiger partial charge in [-0.25, -0.2) is 0 Å². The highest BCUT2D eigenvalue weighted by Gasteiger charge is 2.48. The van der Waals surface area contributed by atoms with Crippen molar-refractivity contribution in [3.05, 3.63) is 24.2 Å². The summed E-state index contributed by atoms with van der Waals surface area (Å²) in [4.78, 5) is 12.3. The highest BCUT2D eigenvalue weighted by molar-refractivity contribution is 8.12. The van der Waals surface area contributed by atoms with E-state index in [1.165, 1.54) is 43.9 Å². The summed E-state index contributed by atoms with van der Waals surface area (Å²) in [5.41, 5.74) is 0. The van der Waals surface area contributed by atoms with Crippen LogP contribution in [0.2, 0.25) is 0 Å². The van der Waals surface area contributed by atoms with Crippen LogP contribution < -0.4 is 0 Å². The third-order valence-corrected chi connectivity index (χ3v) is 6.70. The quantitative estimate of drug-likeness (QED) is 0.817. The molecule has 1 heterocycles. The van der Waals surface area contributed by atoms with E-state index in [2.05, 4.69) is 0 Å². The third-order valence-electron chi connectivity index (χ3n) is 5.78. The Morgan fingerprint density at radius 3 is 2.45 bits per heavy atom. The maximum atomic E-state index is 12.3. The standard InChI is InChI=1S/C17H22O2S/c18-17(20-10-15-2-1-3-19-15)9-16-13-5-11-4-12(7-13)8-14(16)6-11/h1-3,11-14,16H,4-10H2. The maximum Gasteiger partial charge on any atom is 0.189 e. The lowest BCUT2D eigenvalue weighted by Crippen LogP contribution is -2.45. The molecule has 1 aromatic heterocycles. The van der Waals surface area contributed by atoms with Gasteiger partial charge in [-0.05, 0) is 73.8 Å². The van der Waals surface area contributed by atoms with Crippen LogP contribution in [0.4, 0.5) is 0 Å². The average Bonchev–Trinajstić information content (AvgIpc) is 2.93. The van der Waals surface area contributed by atoms with Gasteiger partial charge in [0.05, 0.1) is 12.0 Å². The second kappa shape index (κ2) is 5.25. The van der Waals surface area contributed by atoms with E-state index in [9.17, 15) is 4.79 Å². The third kappa shape index (κ3) is 2.45. The Bertz CT molecular complexity index is 451. The van der Waals surface area contributed by atoms with Crippen LogP contribution >= 0.6 is 11.8 Å². The lowest BCUT2D eigenvalue weighted by atomic mass is 9.51. The highest BCUT2D eigenvalue weighted by atomic mass is 32.2. The molecule has 0 saturated heterocycles.